The monoisotopic (exact) mass is 495 g/mol. The lowest BCUT2D eigenvalue weighted by Crippen LogP contribution is -2.24. The minimum atomic E-state index is -0.726. The number of aromatic hydroxyl groups is 1. The Bertz CT molecular complexity index is 1640. The number of halogens is 2. The van der Waals surface area contributed by atoms with Gasteiger partial charge in [-0.1, -0.05) is 30.3 Å². The van der Waals surface area contributed by atoms with E-state index in [-0.39, 0.29) is 23.6 Å². The summed E-state index contributed by atoms with van der Waals surface area (Å²) >= 11 is 0. The molecule has 0 saturated carbocycles. The second kappa shape index (κ2) is 10.1. The highest BCUT2D eigenvalue weighted by Gasteiger charge is 2.17. The minimum absolute atomic E-state index is 0.00480. The van der Waals surface area contributed by atoms with Crippen LogP contribution >= 0.6 is 0 Å². The largest absolute Gasteiger partial charge is 0.508 e. The lowest BCUT2D eigenvalue weighted by atomic mass is 9.97. The van der Waals surface area contributed by atoms with Crippen molar-refractivity contribution in [2.45, 2.75) is 13.3 Å². The van der Waals surface area contributed by atoms with Crippen LogP contribution in [0.1, 0.15) is 22.4 Å². The summed E-state index contributed by atoms with van der Waals surface area (Å²) in [6, 6.07) is 19.5. The highest BCUT2D eigenvalue weighted by atomic mass is 19.1. The minimum Gasteiger partial charge on any atom is -0.508 e. The number of aromatic nitrogens is 2. The molecular formula is C30H23F2N3O2. The average Bonchev–Trinajstić information content (AvgIpc) is 3.25. The summed E-state index contributed by atoms with van der Waals surface area (Å²) in [7, 11) is 0. The first-order valence-electron chi connectivity index (χ1n) is 11.7. The maximum Gasteiger partial charge on any atom is 0.228 e. The molecule has 0 unspecified atom stereocenters. The number of fused-ring (bicyclic) bond motifs is 1. The van der Waals surface area contributed by atoms with Crippen LogP contribution in [0.5, 0.6) is 5.75 Å². The van der Waals surface area contributed by atoms with Crippen molar-refractivity contribution in [1.29, 1.82) is 0 Å². The van der Waals surface area contributed by atoms with Crippen LogP contribution in [-0.2, 0) is 11.2 Å². The van der Waals surface area contributed by atoms with Gasteiger partial charge in [-0.2, -0.15) is 0 Å². The molecule has 0 spiro atoms. The van der Waals surface area contributed by atoms with Gasteiger partial charge in [0.1, 0.15) is 17.4 Å². The number of carbonyl (C=O) groups is 1. The molecule has 1 amide bonds. The number of rotatable bonds is 6. The quantitative estimate of drug-likeness (QED) is 0.256. The standard InChI is InChI=1S/C30H23F2N3O2/c1-18-5-2-3-6-24(18)25-7-4-10-33-30(25)28(13-19-11-21(31)15-22(32)12-19)35-29(37)14-20-17-34-27-9-8-23(36)16-26(20)27/h2-13,15-17,34,36H,14H2,1H3,(H,35,37)/b28-13-. The molecule has 2 aromatic heterocycles. The number of hydrogen-bond acceptors (Lipinski definition) is 3. The normalized spacial score (nSPS) is 11.6. The zero-order valence-electron chi connectivity index (χ0n) is 19.9. The van der Waals surface area contributed by atoms with E-state index in [2.05, 4.69) is 15.3 Å². The lowest BCUT2D eigenvalue weighted by Gasteiger charge is -2.15. The molecule has 0 aliphatic rings. The van der Waals surface area contributed by atoms with Crippen molar-refractivity contribution in [3.8, 4) is 16.9 Å². The summed E-state index contributed by atoms with van der Waals surface area (Å²) in [5.74, 6) is -1.71. The molecule has 0 aliphatic heterocycles. The maximum atomic E-state index is 14.0. The van der Waals surface area contributed by atoms with Crippen molar-refractivity contribution < 1.29 is 18.7 Å². The molecule has 2 heterocycles. The number of carbonyl (C=O) groups excluding carboxylic acids is 1. The van der Waals surface area contributed by atoms with Crippen LogP contribution in [-0.4, -0.2) is 21.0 Å². The summed E-state index contributed by atoms with van der Waals surface area (Å²) in [5.41, 5.74) is 5.19. The van der Waals surface area contributed by atoms with Crippen molar-refractivity contribution in [1.82, 2.24) is 15.3 Å². The Balaban J connectivity index is 1.57. The molecule has 0 radical (unpaired) electrons. The van der Waals surface area contributed by atoms with Gasteiger partial charge >= 0.3 is 0 Å². The third kappa shape index (κ3) is 5.26. The van der Waals surface area contributed by atoms with Crippen LogP contribution in [0.2, 0.25) is 0 Å². The highest BCUT2D eigenvalue weighted by molar-refractivity contribution is 5.97. The molecule has 5 nitrogen and oxygen atoms in total. The number of phenols is 1. The predicted molar refractivity (Wildman–Crippen MR) is 140 cm³/mol. The van der Waals surface area contributed by atoms with Crippen LogP contribution in [0, 0.1) is 18.6 Å². The van der Waals surface area contributed by atoms with Gasteiger partial charge in [-0.05, 0) is 71.7 Å². The number of benzene rings is 3. The predicted octanol–water partition coefficient (Wildman–Crippen LogP) is 6.38. The molecule has 3 aromatic carbocycles. The van der Waals surface area contributed by atoms with E-state index in [1.165, 1.54) is 18.2 Å². The Hall–Kier alpha value is -4.78. The smallest absolute Gasteiger partial charge is 0.228 e. The zero-order chi connectivity index (χ0) is 25.9. The topological polar surface area (TPSA) is 78.0 Å². The van der Waals surface area contributed by atoms with Crippen LogP contribution in [0.15, 0.2) is 85.2 Å². The summed E-state index contributed by atoms with van der Waals surface area (Å²) in [6.07, 6.45) is 4.83. The number of nitrogens with zero attached hydrogens (tertiary/aromatic N) is 1. The molecule has 0 fully saturated rings. The Labute approximate surface area is 212 Å². The van der Waals surface area contributed by atoms with Crippen LogP contribution in [0.3, 0.4) is 0 Å². The molecule has 3 N–H and O–H groups in total. The third-order valence-electron chi connectivity index (χ3n) is 6.07. The molecule has 184 valence electrons. The first-order valence-corrected chi connectivity index (χ1v) is 11.7. The van der Waals surface area contributed by atoms with Gasteiger partial charge in [-0.15, -0.1) is 0 Å². The van der Waals surface area contributed by atoms with E-state index in [0.717, 1.165) is 33.7 Å². The highest BCUT2D eigenvalue weighted by Crippen LogP contribution is 2.30. The fraction of sp³-hybridized carbons (Fsp3) is 0.0667. The number of hydrogen-bond donors (Lipinski definition) is 3. The number of aromatic amines is 1. The van der Waals surface area contributed by atoms with Crippen LogP contribution in [0.4, 0.5) is 8.78 Å². The van der Waals surface area contributed by atoms with Gasteiger partial charge < -0.3 is 15.4 Å². The van der Waals surface area contributed by atoms with Crippen molar-refractivity contribution in [3.63, 3.8) is 0 Å². The second-order valence-corrected chi connectivity index (χ2v) is 8.74. The van der Waals surface area contributed by atoms with E-state index in [4.69, 9.17) is 0 Å². The number of pyridine rings is 1. The number of H-pyrrole nitrogens is 1. The van der Waals surface area contributed by atoms with Gasteiger partial charge in [0.25, 0.3) is 0 Å². The van der Waals surface area contributed by atoms with Crippen LogP contribution in [0.25, 0.3) is 33.8 Å². The van der Waals surface area contributed by atoms with E-state index in [9.17, 15) is 18.7 Å². The fourth-order valence-corrected chi connectivity index (χ4v) is 4.38. The lowest BCUT2D eigenvalue weighted by molar-refractivity contribution is -0.119. The molecular weight excluding hydrogens is 472 g/mol. The first kappa shape index (κ1) is 23.9. The van der Waals surface area contributed by atoms with Gasteiger partial charge in [-0.3, -0.25) is 9.78 Å². The first-order chi connectivity index (χ1) is 17.9. The van der Waals surface area contributed by atoms with Crippen molar-refractivity contribution in [2.75, 3.05) is 0 Å². The average molecular weight is 496 g/mol. The molecule has 5 aromatic rings. The number of aryl methyl sites for hydroxylation is 1. The summed E-state index contributed by atoms with van der Waals surface area (Å²) in [5, 5.41) is 13.5. The molecule has 37 heavy (non-hydrogen) atoms. The molecule has 0 aliphatic carbocycles. The van der Waals surface area contributed by atoms with Crippen molar-refractivity contribution in [2.24, 2.45) is 0 Å². The Morgan fingerprint density at radius 3 is 2.54 bits per heavy atom. The molecule has 0 atom stereocenters. The SMILES string of the molecule is Cc1ccccc1-c1cccnc1/C(=C/c1cc(F)cc(F)c1)NC(=O)Cc1c[nH]c2ccc(O)cc12. The van der Waals surface area contributed by atoms with Crippen LogP contribution < -0.4 is 5.32 Å². The molecule has 0 bridgehead atoms. The van der Waals surface area contributed by atoms with E-state index in [1.54, 1.807) is 36.7 Å². The van der Waals surface area contributed by atoms with Gasteiger partial charge in [0.15, 0.2) is 0 Å². The fourth-order valence-electron chi connectivity index (χ4n) is 4.38. The molecule has 5 rings (SSSR count). The molecule has 0 saturated heterocycles. The van der Waals surface area contributed by atoms with Gasteiger partial charge in [0, 0.05) is 34.9 Å². The maximum absolute atomic E-state index is 14.0. The van der Waals surface area contributed by atoms with E-state index in [1.807, 2.05) is 37.3 Å². The van der Waals surface area contributed by atoms with Crippen molar-refractivity contribution in [3.05, 3.63) is 119 Å². The van der Waals surface area contributed by atoms with Gasteiger partial charge in [-0.25, -0.2) is 8.78 Å². The van der Waals surface area contributed by atoms with E-state index < -0.39 is 11.6 Å². The third-order valence-corrected chi connectivity index (χ3v) is 6.07. The number of nitrogens with one attached hydrogen (secondary N) is 2. The Morgan fingerprint density at radius 2 is 1.76 bits per heavy atom. The zero-order valence-corrected chi connectivity index (χ0v) is 19.9. The summed E-state index contributed by atoms with van der Waals surface area (Å²) < 4.78 is 28.0. The molecule has 7 heteroatoms. The van der Waals surface area contributed by atoms with Crippen molar-refractivity contribution >= 4 is 28.6 Å². The summed E-state index contributed by atoms with van der Waals surface area (Å²) in [6.45, 7) is 1.97. The summed E-state index contributed by atoms with van der Waals surface area (Å²) in [4.78, 5) is 20.9. The Morgan fingerprint density at radius 1 is 1.00 bits per heavy atom. The van der Waals surface area contributed by atoms with E-state index in [0.29, 0.717) is 17.0 Å². The second-order valence-electron chi connectivity index (χ2n) is 8.74. The number of amides is 1. The Kier molecular flexibility index (Phi) is 6.51. The van der Waals surface area contributed by atoms with Gasteiger partial charge in [0.05, 0.1) is 17.8 Å². The van der Waals surface area contributed by atoms with E-state index >= 15 is 0 Å². The number of phenolic OH excluding ortho intramolecular Hbond substituents is 1. The van der Waals surface area contributed by atoms with Gasteiger partial charge in [0.2, 0.25) is 5.91 Å².